The van der Waals surface area contributed by atoms with Gasteiger partial charge in [0.1, 0.15) is 5.75 Å². The molecule has 0 aliphatic rings. The van der Waals surface area contributed by atoms with Crippen molar-refractivity contribution < 1.29 is 28.8 Å². The Morgan fingerprint density at radius 1 is 0.943 bits per heavy atom. The summed E-state index contributed by atoms with van der Waals surface area (Å²) in [5.74, 6) is -1.26. The van der Waals surface area contributed by atoms with E-state index in [2.05, 4.69) is 10.6 Å². The van der Waals surface area contributed by atoms with Gasteiger partial charge in [0.2, 0.25) is 0 Å². The van der Waals surface area contributed by atoms with Gasteiger partial charge >= 0.3 is 5.97 Å². The highest BCUT2D eigenvalue weighted by atomic mass is 35.5. The van der Waals surface area contributed by atoms with Crippen LogP contribution in [0.15, 0.2) is 66.7 Å². The highest BCUT2D eigenvalue weighted by molar-refractivity contribution is 6.33. The van der Waals surface area contributed by atoms with Crippen LogP contribution in [0.25, 0.3) is 0 Å². The third kappa shape index (κ3) is 7.02. The van der Waals surface area contributed by atoms with Crippen LogP contribution in [0.1, 0.15) is 27.6 Å². The number of anilines is 2. The fraction of sp³-hybridized carbons (Fsp3) is 0.125. The summed E-state index contributed by atoms with van der Waals surface area (Å²) in [4.78, 5) is 46.9. The number of amides is 2. The summed E-state index contributed by atoms with van der Waals surface area (Å²) in [5.41, 5.74) is 0.774. The number of carbonyl (C=O) groups is 3. The molecule has 0 fully saturated rings. The van der Waals surface area contributed by atoms with Crippen LogP contribution in [0.3, 0.4) is 0 Å². The number of halogens is 1. The Balaban J connectivity index is 1.52. The molecule has 0 atom stereocenters. The number of ether oxygens (including phenoxy) is 2. The number of esters is 1. The Morgan fingerprint density at radius 3 is 2.20 bits per heavy atom. The fourth-order valence-electron chi connectivity index (χ4n) is 2.90. The second-order valence-corrected chi connectivity index (χ2v) is 7.44. The first-order chi connectivity index (χ1) is 16.8. The summed E-state index contributed by atoms with van der Waals surface area (Å²) >= 11 is 5.89. The molecule has 3 rings (SSSR count). The largest absolute Gasteiger partial charge is 0.494 e. The average Bonchev–Trinajstić information content (AvgIpc) is 2.84. The molecule has 0 heterocycles. The minimum absolute atomic E-state index is 0.0416. The SMILES string of the molecule is CCOc1ccc(NC(=O)c2ccc(NC(=O)COC(=O)c3cc([N+](=O)[O-])ccc3Cl)cc2)cc1. The van der Waals surface area contributed by atoms with E-state index in [0.29, 0.717) is 29.3 Å². The minimum atomic E-state index is -0.977. The van der Waals surface area contributed by atoms with Gasteiger partial charge in [-0.1, -0.05) is 11.6 Å². The molecule has 11 heteroatoms. The Kier molecular flexibility index (Phi) is 8.36. The molecule has 0 aliphatic carbocycles. The van der Waals surface area contributed by atoms with Crippen LogP contribution in [0, 0.1) is 10.1 Å². The lowest BCUT2D eigenvalue weighted by Crippen LogP contribution is -2.21. The molecular formula is C24H20ClN3O7. The zero-order valence-corrected chi connectivity index (χ0v) is 19.2. The molecule has 35 heavy (non-hydrogen) atoms. The summed E-state index contributed by atoms with van der Waals surface area (Å²) in [6, 6.07) is 16.3. The quantitative estimate of drug-likeness (QED) is 0.248. The molecule has 0 spiro atoms. The molecule has 0 bridgehead atoms. The van der Waals surface area contributed by atoms with Crippen LogP contribution in [0.4, 0.5) is 17.1 Å². The number of rotatable bonds is 9. The second kappa shape index (κ2) is 11.6. The van der Waals surface area contributed by atoms with Crippen molar-refractivity contribution in [2.24, 2.45) is 0 Å². The summed E-state index contributed by atoms with van der Waals surface area (Å²) in [6.45, 7) is 1.78. The number of nitrogens with zero attached hydrogens (tertiary/aromatic N) is 1. The Hall–Kier alpha value is -4.44. The van der Waals surface area contributed by atoms with Gasteiger partial charge in [-0.15, -0.1) is 0 Å². The standard InChI is InChI=1S/C24H20ClN3O7/c1-2-34-19-10-7-17(8-11-19)27-23(30)15-3-5-16(6-4-15)26-22(29)14-35-24(31)20-13-18(28(32)33)9-12-21(20)25/h3-13H,2,14H2,1H3,(H,26,29)(H,27,30). The average molecular weight is 498 g/mol. The first kappa shape index (κ1) is 25.2. The summed E-state index contributed by atoms with van der Waals surface area (Å²) < 4.78 is 10.3. The number of nitro groups is 1. The highest BCUT2D eigenvalue weighted by Crippen LogP contribution is 2.23. The lowest BCUT2D eigenvalue weighted by atomic mass is 10.2. The molecular weight excluding hydrogens is 478 g/mol. The minimum Gasteiger partial charge on any atom is -0.494 e. The topological polar surface area (TPSA) is 137 Å². The van der Waals surface area contributed by atoms with E-state index in [9.17, 15) is 24.5 Å². The van der Waals surface area contributed by atoms with Gasteiger partial charge < -0.3 is 20.1 Å². The molecule has 0 saturated heterocycles. The zero-order valence-electron chi connectivity index (χ0n) is 18.4. The first-order valence-electron chi connectivity index (χ1n) is 10.3. The normalized spacial score (nSPS) is 10.2. The number of benzene rings is 3. The van der Waals surface area contributed by atoms with Gasteiger partial charge in [-0.2, -0.15) is 0 Å². The van der Waals surface area contributed by atoms with Gasteiger partial charge in [0.15, 0.2) is 6.61 Å². The Labute approximate surface area is 205 Å². The highest BCUT2D eigenvalue weighted by Gasteiger charge is 2.18. The third-order valence-corrected chi connectivity index (χ3v) is 4.90. The molecule has 2 amide bonds. The predicted molar refractivity (Wildman–Crippen MR) is 129 cm³/mol. The summed E-state index contributed by atoms with van der Waals surface area (Å²) in [5, 5.41) is 16.1. The third-order valence-electron chi connectivity index (χ3n) is 4.57. The molecule has 0 unspecified atom stereocenters. The van der Waals surface area contributed by atoms with Crippen molar-refractivity contribution in [3.8, 4) is 5.75 Å². The maximum absolute atomic E-state index is 12.4. The van der Waals surface area contributed by atoms with E-state index in [-0.39, 0.29) is 22.2 Å². The van der Waals surface area contributed by atoms with Crippen molar-refractivity contribution in [3.05, 3.63) is 93.0 Å². The van der Waals surface area contributed by atoms with Gasteiger partial charge in [-0.25, -0.2) is 4.79 Å². The number of carbonyl (C=O) groups excluding carboxylic acids is 3. The number of hydrogen-bond acceptors (Lipinski definition) is 7. The molecule has 0 aliphatic heterocycles. The molecule has 2 N–H and O–H groups in total. The maximum Gasteiger partial charge on any atom is 0.340 e. The maximum atomic E-state index is 12.4. The van der Waals surface area contributed by atoms with Crippen molar-refractivity contribution in [2.75, 3.05) is 23.8 Å². The van der Waals surface area contributed by atoms with Crippen LogP contribution in [-0.4, -0.2) is 35.9 Å². The van der Waals surface area contributed by atoms with Crippen molar-refractivity contribution in [1.29, 1.82) is 0 Å². The second-order valence-electron chi connectivity index (χ2n) is 7.03. The van der Waals surface area contributed by atoms with E-state index in [4.69, 9.17) is 21.1 Å². The Morgan fingerprint density at radius 2 is 1.57 bits per heavy atom. The first-order valence-corrected chi connectivity index (χ1v) is 10.7. The van der Waals surface area contributed by atoms with Gasteiger partial charge in [-0.05, 0) is 61.5 Å². The van der Waals surface area contributed by atoms with E-state index in [1.165, 1.54) is 30.3 Å². The van der Waals surface area contributed by atoms with Crippen LogP contribution >= 0.6 is 11.6 Å². The lowest BCUT2D eigenvalue weighted by molar-refractivity contribution is -0.384. The van der Waals surface area contributed by atoms with Crippen LogP contribution in [0.2, 0.25) is 5.02 Å². The van der Waals surface area contributed by atoms with Gasteiger partial charge in [0.05, 0.1) is 22.1 Å². The smallest absolute Gasteiger partial charge is 0.340 e. The van der Waals surface area contributed by atoms with Crippen molar-refractivity contribution in [1.82, 2.24) is 0 Å². The van der Waals surface area contributed by atoms with E-state index in [1.54, 1.807) is 24.3 Å². The summed E-state index contributed by atoms with van der Waals surface area (Å²) in [6.07, 6.45) is 0. The van der Waals surface area contributed by atoms with E-state index >= 15 is 0 Å². The van der Waals surface area contributed by atoms with Crippen LogP contribution in [0.5, 0.6) is 5.75 Å². The van der Waals surface area contributed by atoms with Gasteiger partial charge in [-0.3, -0.25) is 19.7 Å². The molecule has 10 nitrogen and oxygen atoms in total. The van der Waals surface area contributed by atoms with Gasteiger partial charge in [0.25, 0.3) is 17.5 Å². The van der Waals surface area contributed by atoms with Crippen molar-refractivity contribution in [3.63, 3.8) is 0 Å². The van der Waals surface area contributed by atoms with E-state index < -0.39 is 23.4 Å². The van der Waals surface area contributed by atoms with E-state index in [1.807, 2.05) is 6.92 Å². The molecule has 0 aromatic heterocycles. The molecule has 3 aromatic rings. The predicted octanol–water partition coefficient (Wildman–Crippen LogP) is 4.69. The van der Waals surface area contributed by atoms with Gasteiger partial charge in [0, 0.05) is 29.1 Å². The fourth-order valence-corrected chi connectivity index (χ4v) is 3.09. The zero-order chi connectivity index (χ0) is 25.4. The lowest BCUT2D eigenvalue weighted by Gasteiger charge is -2.09. The van der Waals surface area contributed by atoms with Crippen molar-refractivity contribution >= 4 is 46.4 Å². The number of non-ortho nitro benzene ring substituents is 1. The van der Waals surface area contributed by atoms with Crippen molar-refractivity contribution in [2.45, 2.75) is 6.92 Å². The number of nitro benzene ring substituents is 1. The Bertz CT molecular complexity index is 1240. The molecule has 0 saturated carbocycles. The summed E-state index contributed by atoms with van der Waals surface area (Å²) in [7, 11) is 0. The number of hydrogen-bond donors (Lipinski definition) is 2. The van der Waals surface area contributed by atoms with Crippen LogP contribution < -0.4 is 15.4 Å². The van der Waals surface area contributed by atoms with Crippen LogP contribution in [-0.2, 0) is 9.53 Å². The molecule has 3 aromatic carbocycles. The molecule has 0 radical (unpaired) electrons. The number of nitrogens with one attached hydrogen (secondary N) is 2. The molecule has 180 valence electrons. The monoisotopic (exact) mass is 497 g/mol. The van der Waals surface area contributed by atoms with E-state index in [0.717, 1.165) is 12.1 Å².